The number of carbonyl (C=O) groups excluding carboxylic acids is 1. The van der Waals surface area contributed by atoms with Crippen LogP contribution in [-0.4, -0.2) is 23.1 Å². The van der Waals surface area contributed by atoms with Crippen LogP contribution in [0.2, 0.25) is 0 Å². The molecular formula is C39H70O4. The van der Waals surface area contributed by atoms with E-state index in [0.717, 1.165) is 77.0 Å². The predicted molar refractivity (Wildman–Crippen MR) is 186 cm³/mol. The number of unbranched alkanes of at least 4 members (excludes halogenated alkanes) is 18. The maximum atomic E-state index is 12.4. The molecule has 0 bridgehead atoms. The number of hydrogen-bond acceptors (Lipinski definition) is 3. The van der Waals surface area contributed by atoms with E-state index in [0.29, 0.717) is 12.8 Å². The molecule has 0 amide bonds. The molecule has 0 saturated heterocycles. The molecule has 43 heavy (non-hydrogen) atoms. The zero-order valence-electron chi connectivity index (χ0n) is 28.5. The minimum Gasteiger partial charge on any atom is -0.481 e. The first-order valence-corrected chi connectivity index (χ1v) is 18.5. The molecule has 0 saturated carbocycles. The van der Waals surface area contributed by atoms with Crippen molar-refractivity contribution in [2.24, 2.45) is 0 Å². The number of aliphatic carboxylic acids is 1. The first-order valence-electron chi connectivity index (χ1n) is 18.5. The molecule has 0 aromatic heterocycles. The van der Waals surface area contributed by atoms with E-state index < -0.39 is 5.97 Å². The number of ether oxygens (including phenoxy) is 1. The molecule has 0 spiro atoms. The Morgan fingerprint density at radius 3 is 1.49 bits per heavy atom. The SMILES string of the molecule is CC/C=C\C/C=C\C/C=C\CCCCCCCCCCCC(=O)OC(CCC)CCCCCCCCCCCCC(=O)O. The number of allylic oxidation sites excluding steroid dienone is 6. The lowest BCUT2D eigenvalue weighted by atomic mass is 10.0. The fraction of sp³-hybridized carbons (Fsp3) is 0.795. The Hall–Kier alpha value is -1.84. The minimum absolute atomic E-state index is 0.0102. The number of hydrogen-bond donors (Lipinski definition) is 1. The van der Waals surface area contributed by atoms with Crippen molar-refractivity contribution >= 4 is 11.9 Å². The molecule has 0 aromatic carbocycles. The van der Waals surface area contributed by atoms with Gasteiger partial charge in [0.25, 0.3) is 0 Å². The van der Waals surface area contributed by atoms with E-state index in [9.17, 15) is 9.59 Å². The molecule has 1 N–H and O–H groups in total. The molecule has 0 radical (unpaired) electrons. The summed E-state index contributed by atoms with van der Waals surface area (Å²) >= 11 is 0. The van der Waals surface area contributed by atoms with Crippen LogP contribution in [0, 0.1) is 0 Å². The van der Waals surface area contributed by atoms with Gasteiger partial charge in [-0.2, -0.15) is 0 Å². The van der Waals surface area contributed by atoms with Crippen molar-refractivity contribution in [3.05, 3.63) is 36.5 Å². The smallest absolute Gasteiger partial charge is 0.306 e. The van der Waals surface area contributed by atoms with E-state index in [1.807, 2.05) is 0 Å². The fourth-order valence-electron chi connectivity index (χ4n) is 5.49. The van der Waals surface area contributed by atoms with Gasteiger partial charge in [-0.1, -0.05) is 153 Å². The molecule has 1 atom stereocenters. The largest absolute Gasteiger partial charge is 0.481 e. The molecule has 0 aliphatic carbocycles. The highest BCUT2D eigenvalue weighted by atomic mass is 16.5. The van der Waals surface area contributed by atoms with Gasteiger partial charge in [-0.05, 0) is 64.2 Å². The number of carbonyl (C=O) groups is 2. The van der Waals surface area contributed by atoms with E-state index >= 15 is 0 Å². The van der Waals surface area contributed by atoms with E-state index in [4.69, 9.17) is 9.84 Å². The third-order valence-corrected chi connectivity index (χ3v) is 8.11. The maximum absolute atomic E-state index is 12.4. The van der Waals surface area contributed by atoms with Gasteiger partial charge in [-0.15, -0.1) is 0 Å². The van der Waals surface area contributed by atoms with Gasteiger partial charge in [0.05, 0.1) is 0 Å². The molecule has 0 heterocycles. The van der Waals surface area contributed by atoms with Crippen LogP contribution >= 0.6 is 0 Å². The number of rotatable bonds is 33. The van der Waals surface area contributed by atoms with Gasteiger partial charge in [-0.25, -0.2) is 0 Å². The lowest BCUT2D eigenvalue weighted by Gasteiger charge is -2.17. The quantitative estimate of drug-likeness (QED) is 0.0461. The Morgan fingerprint density at radius 1 is 0.535 bits per heavy atom. The Morgan fingerprint density at radius 2 is 0.977 bits per heavy atom. The molecule has 0 aliphatic rings. The van der Waals surface area contributed by atoms with Gasteiger partial charge >= 0.3 is 11.9 Å². The fourth-order valence-corrected chi connectivity index (χ4v) is 5.49. The molecule has 0 aliphatic heterocycles. The summed E-state index contributed by atoms with van der Waals surface area (Å²) in [6, 6.07) is 0. The summed E-state index contributed by atoms with van der Waals surface area (Å²) in [4.78, 5) is 22.9. The minimum atomic E-state index is -0.677. The molecular weight excluding hydrogens is 532 g/mol. The van der Waals surface area contributed by atoms with Gasteiger partial charge in [0, 0.05) is 12.8 Å². The average molecular weight is 603 g/mol. The summed E-state index contributed by atoms with van der Waals surface area (Å²) in [5.41, 5.74) is 0. The summed E-state index contributed by atoms with van der Waals surface area (Å²) in [5.74, 6) is -0.667. The van der Waals surface area contributed by atoms with Crippen LogP contribution in [0.25, 0.3) is 0 Å². The Balaban J connectivity index is 3.55. The topological polar surface area (TPSA) is 63.6 Å². The zero-order chi connectivity index (χ0) is 31.5. The van der Waals surface area contributed by atoms with Crippen LogP contribution in [0.5, 0.6) is 0 Å². The van der Waals surface area contributed by atoms with Gasteiger partial charge in [-0.3, -0.25) is 9.59 Å². The van der Waals surface area contributed by atoms with Crippen LogP contribution in [-0.2, 0) is 14.3 Å². The second-order valence-electron chi connectivity index (χ2n) is 12.4. The molecule has 0 aromatic rings. The van der Waals surface area contributed by atoms with Crippen molar-refractivity contribution in [2.45, 2.75) is 200 Å². The first kappa shape index (κ1) is 41.2. The van der Waals surface area contributed by atoms with Crippen LogP contribution in [0.1, 0.15) is 194 Å². The first-order chi connectivity index (χ1) is 21.1. The van der Waals surface area contributed by atoms with Crippen molar-refractivity contribution in [2.75, 3.05) is 0 Å². The summed E-state index contributed by atoms with van der Waals surface area (Å²) in [5, 5.41) is 8.66. The van der Waals surface area contributed by atoms with E-state index in [-0.39, 0.29) is 12.1 Å². The third-order valence-electron chi connectivity index (χ3n) is 8.11. The predicted octanol–water partition coefficient (Wildman–Crippen LogP) is 12.6. The van der Waals surface area contributed by atoms with Crippen LogP contribution in [0.4, 0.5) is 0 Å². The summed E-state index contributed by atoms with van der Waals surface area (Å²) in [7, 11) is 0. The molecule has 0 fully saturated rings. The zero-order valence-corrected chi connectivity index (χ0v) is 28.5. The molecule has 4 heteroatoms. The lowest BCUT2D eigenvalue weighted by Crippen LogP contribution is -2.18. The van der Waals surface area contributed by atoms with E-state index in [1.165, 1.54) is 89.9 Å². The van der Waals surface area contributed by atoms with Gasteiger partial charge in [0.1, 0.15) is 6.10 Å². The standard InChI is InChI=1S/C39H70O4/c1-3-5-6-7-8-9-10-11-12-13-14-15-16-17-18-23-26-29-32-36-39(42)43-37(33-4-2)34-30-27-24-21-19-20-22-25-28-31-35-38(40)41/h5-6,8-9,11-12,37H,3-4,7,10,13-36H2,1-2H3,(H,40,41)/b6-5-,9-8-,12-11-. The normalized spacial score (nSPS) is 12.6. The molecule has 1 unspecified atom stereocenters. The number of carboxylic acid groups (broad SMARTS) is 1. The van der Waals surface area contributed by atoms with Crippen molar-refractivity contribution in [3.8, 4) is 0 Å². The highest BCUT2D eigenvalue weighted by Gasteiger charge is 2.13. The van der Waals surface area contributed by atoms with E-state index in [2.05, 4.69) is 50.3 Å². The maximum Gasteiger partial charge on any atom is 0.306 e. The van der Waals surface area contributed by atoms with Crippen molar-refractivity contribution < 1.29 is 19.4 Å². The van der Waals surface area contributed by atoms with Gasteiger partial charge in [0.15, 0.2) is 0 Å². The van der Waals surface area contributed by atoms with Crippen molar-refractivity contribution in [1.82, 2.24) is 0 Å². The Labute approximate surface area is 267 Å². The highest BCUT2D eigenvalue weighted by molar-refractivity contribution is 5.69. The summed E-state index contributed by atoms with van der Waals surface area (Å²) < 4.78 is 5.85. The van der Waals surface area contributed by atoms with Gasteiger partial charge in [0.2, 0.25) is 0 Å². The highest BCUT2D eigenvalue weighted by Crippen LogP contribution is 2.17. The Kier molecular flexibility index (Phi) is 33.2. The van der Waals surface area contributed by atoms with Crippen LogP contribution in [0.3, 0.4) is 0 Å². The van der Waals surface area contributed by atoms with Gasteiger partial charge < -0.3 is 9.84 Å². The molecule has 250 valence electrons. The van der Waals surface area contributed by atoms with Crippen LogP contribution < -0.4 is 0 Å². The molecule has 4 nitrogen and oxygen atoms in total. The number of carboxylic acids is 1. The number of esters is 1. The average Bonchev–Trinajstić information content (AvgIpc) is 2.98. The second-order valence-corrected chi connectivity index (χ2v) is 12.4. The van der Waals surface area contributed by atoms with Crippen molar-refractivity contribution in [1.29, 1.82) is 0 Å². The molecule has 0 rings (SSSR count). The summed E-state index contributed by atoms with van der Waals surface area (Å²) in [6.45, 7) is 4.34. The van der Waals surface area contributed by atoms with E-state index in [1.54, 1.807) is 0 Å². The summed E-state index contributed by atoms with van der Waals surface area (Å²) in [6.07, 6.45) is 45.1. The lowest BCUT2D eigenvalue weighted by molar-refractivity contribution is -0.150. The van der Waals surface area contributed by atoms with Crippen molar-refractivity contribution in [3.63, 3.8) is 0 Å². The van der Waals surface area contributed by atoms with Crippen LogP contribution in [0.15, 0.2) is 36.5 Å². The second kappa shape index (κ2) is 34.6. The Bertz CT molecular complexity index is 693. The monoisotopic (exact) mass is 603 g/mol. The third kappa shape index (κ3) is 34.5.